The molecular formula is C14H22N2O2. The molecule has 0 bridgehead atoms. The van der Waals surface area contributed by atoms with E-state index in [0.29, 0.717) is 11.4 Å². The van der Waals surface area contributed by atoms with E-state index in [1.54, 1.807) is 14.2 Å². The second-order valence-corrected chi connectivity index (χ2v) is 5.24. The van der Waals surface area contributed by atoms with Crippen molar-refractivity contribution in [2.75, 3.05) is 26.0 Å². The van der Waals surface area contributed by atoms with E-state index >= 15 is 0 Å². The normalized spacial score (nSPS) is 11.2. The number of carbonyl (C=O) groups excluding carboxylic acids is 1. The van der Waals surface area contributed by atoms with E-state index < -0.39 is 0 Å². The summed E-state index contributed by atoms with van der Waals surface area (Å²) < 4.78 is 5.26. The second kappa shape index (κ2) is 5.87. The minimum Gasteiger partial charge on any atom is -0.495 e. The van der Waals surface area contributed by atoms with Gasteiger partial charge in [0.05, 0.1) is 19.3 Å². The van der Waals surface area contributed by atoms with Crippen molar-refractivity contribution in [3.8, 4) is 5.75 Å². The Morgan fingerprint density at radius 1 is 1.33 bits per heavy atom. The number of benzene rings is 1. The summed E-state index contributed by atoms with van der Waals surface area (Å²) in [6, 6.07) is 5.87. The first-order valence-electron chi connectivity index (χ1n) is 6.01. The molecule has 0 aliphatic carbocycles. The number of anilines is 1. The highest BCUT2D eigenvalue weighted by molar-refractivity contribution is 5.93. The molecule has 18 heavy (non-hydrogen) atoms. The fourth-order valence-corrected chi connectivity index (χ4v) is 1.63. The van der Waals surface area contributed by atoms with Crippen molar-refractivity contribution in [2.45, 2.75) is 26.2 Å². The number of nitrogens with one attached hydrogen (secondary N) is 2. The molecule has 0 fully saturated rings. The van der Waals surface area contributed by atoms with Crippen molar-refractivity contribution < 1.29 is 9.53 Å². The number of amides is 1. The smallest absolute Gasteiger partial charge is 0.238 e. The molecule has 0 aliphatic rings. The van der Waals surface area contributed by atoms with Gasteiger partial charge in [0, 0.05) is 0 Å². The third-order valence-corrected chi connectivity index (χ3v) is 2.68. The molecule has 0 spiro atoms. The van der Waals surface area contributed by atoms with E-state index in [1.165, 1.54) is 0 Å². The molecule has 100 valence electrons. The molecule has 1 aromatic rings. The van der Waals surface area contributed by atoms with Gasteiger partial charge in [0.15, 0.2) is 0 Å². The number of hydrogen-bond acceptors (Lipinski definition) is 3. The van der Waals surface area contributed by atoms with Crippen molar-refractivity contribution in [1.29, 1.82) is 0 Å². The third-order valence-electron chi connectivity index (χ3n) is 2.68. The molecule has 0 unspecified atom stereocenters. The summed E-state index contributed by atoms with van der Waals surface area (Å²) in [6.45, 7) is 6.68. The van der Waals surface area contributed by atoms with Gasteiger partial charge in [0.1, 0.15) is 5.75 Å². The van der Waals surface area contributed by atoms with Gasteiger partial charge in [0.25, 0.3) is 0 Å². The predicted octanol–water partition coefficient (Wildman–Crippen LogP) is 2.15. The van der Waals surface area contributed by atoms with E-state index in [9.17, 15) is 4.79 Å². The van der Waals surface area contributed by atoms with Crippen molar-refractivity contribution in [2.24, 2.45) is 0 Å². The van der Waals surface area contributed by atoms with Gasteiger partial charge in [-0.2, -0.15) is 0 Å². The Balaban J connectivity index is 3.03. The van der Waals surface area contributed by atoms with Gasteiger partial charge in [-0.15, -0.1) is 0 Å². The number of ether oxygens (including phenoxy) is 1. The Bertz CT molecular complexity index is 422. The maximum absolute atomic E-state index is 11.6. The van der Waals surface area contributed by atoms with Gasteiger partial charge in [-0.25, -0.2) is 0 Å². The summed E-state index contributed by atoms with van der Waals surface area (Å²) in [4.78, 5) is 11.6. The molecule has 0 aliphatic heterocycles. The number of carbonyl (C=O) groups is 1. The van der Waals surface area contributed by atoms with E-state index in [2.05, 4.69) is 31.4 Å². The van der Waals surface area contributed by atoms with Crippen molar-refractivity contribution in [3.05, 3.63) is 23.8 Å². The third kappa shape index (κ3) is 3.74. The Hall–Kier alpha value is -1.55. The molecular weight excluding hydrogens is 228 g/mol. The van der Waals surface area contributed by atoms with Crippen molar-refractivity contribution in [3.63, 3.8) is 0 Å². The maximum Gasteiger partial charge on any atom is 0.238 e. The van der Waals surface area contributed by atoms with Crippen LogP contribution in [0.3, 0.4) is 0 Å². The minimum absolute atomic E-state index is 0.0365. The van der Waals surface area contributed by atoms with Crippen LogP contribution in [0.1, 0.15) is 26.3 Å². The zero-order chi connectivity index (χ0) is 13.8. The SMILES string of the molecule is CNCC(=O)Nc1cc(C(C)(C)C)ccc1OC. The minimum atomic E-state index is -0.0816. The number of hydrogen-bond donors (Lipinski definition) is 2. The molecule has 2 N–H and O–H groups in total. The van der Waals surface area contributed by atoms with Gasteiger partial charge in [-0.3, -0.25) is 4.79 Å². The Labute approximate surface area is 109 Å². The lowest BCUT2D eigenvalue weighted by atomic mass is 9.87. The average Bonchev–Trinajstić information content (AvgIpc) is 2.28. The van der Waals surface area contributed by atoms with Gasteiger partial charge in [-0.05, 0) is 30.2 Å². The van der Waals surface area contributed by atoms with Crippen LogP contribution in [0.2, 0.25) is 0 Å². The highest BCUT2D eigenvalue weighted by Crippen LogP contribution is 2.31. The maximum atomic E-state index is 11.6. The summed E-state index contributed by atoms with van der Waals surface area (Å²) in [7, 11) is 3.34. The van der Waals surface area contributed by atoms with Crippen LogP contribution in [0.4, 0.5) is 5.69 Å². The largest absolute Gasteiger partial charge is 0.495 e. The van der Waals surface area contributed by atoms with Crippen LogP contribution in [0, 0.1) is 0 Å². The lowest BCUT2D eigenvalue weighted by Crippen LogP contribution is -2.25. The zero-order valence-electron chi connectivity index (χ0n) is 11.8. The van der Waals surface area contributed by atoms with Gasteiger partial charge >= 0.3 is 0 Å². The van der Waals surface area contributed by atoms with Gasteiger partial charge in [0.2, 0.25) is 5.91 Å². The molecule has 0 heterocycles. The lowest BCUT2D eigenvalue weighted by molar-refractivity contribution is -0.115. The number of rotatable bonds is 4. The first-order valence-corrected chi connectivity index (χ1v) is 6.01. The molecule has 0 aromatic heterocycles. The highest BCUT2D eigenvalue weighted by Gasteiger charge is 2.16. The highest BCUT2D eigenvalue weighted by atomic mass is 16.5. The van der Waals surface area contributed by atoms with Gasteiger partial charge < -0.3 is 15.4 Å². The standard InChI is InChI=1S/C14H22N2O2/c1-14(2,3)10-6-7-12(18-5)11(8-10)16-13(17)9-15-4/h6-8,15H,9H2,1-5H3,(H,16,17). The number of likely N-dealkylation sites (N-methyl/N-ethyl adjacent to an activating group) is 1. The van der Waals surface area contributed by atoms with Crippen LogP contribution in [-0.4, -0.2) is 26.6 Å². The summed E-state index contributed by atoms with van der Waals surface area (Å²) >= 11 is 0. The molecule has 0 saturated heterocycles. The van der Waals surface area contributed by atoms with E-state index in [-0.39, 0.29) is 17.9 Å². The summed E-state index contributed by atoms with van der Waals surface area (Å²) in [5.41, 5.74) is 1.91. The Morgan fingerprint density at radius 3 is 2.50 bits per heavy atom. The lowest BCUT2D eigenvalue weighted by Gasteiger charge is -2.21. The predicted molar refractivity (Wildman–Crippen MR) is 74.3 cm³/mol. The molecule has 1 amide bonds. The summed E-state index contributed by atoms with van der Waals surface area (Å²) in [5.74, 6) is 0.592. The zero-order valence-corrected chi connectivity index (χ0v) is 11.8. The second-order valence-electron chi connectivity index (χ2n) is 5.24. The fraction of sp³-hybridized carbons (Fsp3) is 0.500. The Morgan fingerprint density at radius 2 is 2.00 bits per heavy atom. The van der Waals surface area contributed by atoms with Gasteiger partial charge in [-0.1, -0.05) is 26.8 Å². The number of methoxy groups -OCH3 is 1. The van der Waals surface area contributed by atoms with E-state index in [0.717, 1.165) is 5.56 Å². The molecule has 1 rings (SSSR count). The average molecular weight is 250 g/mol. The molecule has 1 aromatic carbocycles. The molecule has 4 heteroatoms. The first-order chi connectivity index (χ1) is 8.38. The van der Waals surface area contributed by atoms with E-state index in [4.69, 9.17) is 4.74 Å². The molecule has 0 atom stereocenters. The summed E-state index contributed by atoms with van der Waals surface area (Å²) in [6.07, 6.45) is 0. The van der Waals surface area contributed by atoms with Crippen LogP contribution in [0.15, 0.2) is 18.2 Å². The molecule has 0 saturated carbocycles. The Kier molecular flexibility index (Phi) is 4.73. The van der Waals surface area contributed by atoms with Crippen molar-refractivity contribution in [1.82, 2.24) is 5.32 Å². The fourth-order valence-electron chi connectivity index (χ4n) is 1.63. The van der Waals surface area contributed by atoms with Crippen molar-refractivity contribution >= 4 is 11.6 Å². The van der Waals surface area contributed by atoms with Crippen LogP contribution < -0.4 is 15.4 Å². The first kappa shape index (κ1) is 14.5. The topological polar surface area (TPSA) is 50.4 Å². The van der Waals surface area contributed by atoms with E-state index in [1.807, 2.05) is 18.2 Å². The summed E-state index contributed by atoms with van der Waals surface area (Å²) in [5, 5.41) is 5.67. The molecule has 0 radical (unpaired) electrons. The van der Waals surface area contributed by atoms with Crippen LogP contribution >= 0.6 is 0 Å². The van der Waals surface area contributed by atoms with Crippen LogP contribution in [-0.2, 0) is 10.2 Å². The van der Waals surface area contributed by atoms with Crippen LogP contribution in [0.5, 0.6) is 5.75 Å². The monoisotopic (exact) mass is 250 g/mol. The molecule has 4 nitrogen and oxygen atoms in total. The quantitative estimate of drug-likeness (QED) is 0.861. The van der Waals surface area contributed by atoms with Crippen LogP contribution in [0.25, 0.3) is 0 Å².